The molecule has 0 spiro atoms. The molecule has 0 aliphatic carbocycles. The van der Waals surface area contributed by atoms with Gasteiger partial charge in [-0.25, -0.2) is 4.79 Å². The van der Waals surface area contributed by atoms with Gasteiger partial charge >= 0.3 is 5.97 Å². The van der Waals surface area contributed by atoms with Crippen molar-refractivity contribution in [3.63, 3.8) is 0 Å². The number of carbonyl (C=O) groups is 2. The third-order valence-corrected chi connectivity index (χ3v) is 5.59. The lowest BCUT2D eigenvalue weighted by Gasteiger charge is -2.11. The summed E-state index contributed by atoms with van der Waals surface area (Å²) in [6.07, 6.45) is 1.50. The molecular weight excluding hydrogens is 449 g/mol. The Morgan fingerprint density at radius 3 is 2.47 bits per heavy atom. The molecule has 1 aromatic heterocycles. The van der Waals surface area contributed by atoms with Gasteiger partial charge in [0, 0.05) is 27.8 Å². The number of carboxylic acid groups (broad SMARTS) is 1. The molecule has 0 aliphatic heterocycles. The zero-order chi connectivity index (χ0) is 23.6. The SMILES string of the molecule is Cc1ccc(Cl)cc1NC(=O)/C(C#N)=C\c1cc(C)n(-c2ccc(Cl)c(C(=O)O)c2)c1C. The molecule has 2 N–H and O–H groups in total. The molecule has 3 rings (SSSR count). The smallest absolute Gasteiger partial charge is 0.337 e. The quantitative estimate of drug-likeness (QED) is 0.357. The van der Waals surface area contributed by atoms with E-state index in [0.717, 1.165) is 17.0 Å². The molecule has 1 amide bonds. The third-order valence-electron chi connectivity index (χ3n) is 5.02. The maximum absolute atomic E-state index is 12.7. The summed E-state index contributed by atoms with van der Waals surface area (Å²) >= 11 is 12.0. The first-order valence-electron chi connectivity index (χ1n) is 9.54. The topological polar surface area (TPSA) is 95.1 Å². The number of nitrogens with one attached hydrogen (secondary N) is 1. The van der Waals surface area contributed by atoms with E-state index in [9.17, 15) is 20.0 Å². The second kappa shape index (κ2) is 9.31. The zero-order valence-electron chi connectivity index (χ0n) is 17.5. The molecule has 162 valence electrons. The number of benzene rings is 2. The largest absolute Gasteiger partial charge is 0.478 e. The fraction of sp³-hybridized carbons (Fsp3) is 0.125. The van der Waals surface area contributed by atoms with Gasteiger partial charge in [-0.15, -0.1) is 0 Å². The van der Waals surface area contributed by atoms with Crippen molar-refractivity contribution in [2.24, 2.45) is 0 Å². The number of anilines is 1. The summed E-state index contributed by atoms with van der Waals surface area (Å²) in [6.45, 7) is 5.50. The van der Waals surface area contributed by atoms with Gasteiger partial charge in [0.25, 0.3) is 5.91 Å². The van der Waals surface area contributed by atoms with Crippen LogP contribution in [0.4, 0.5) is 5.69 Å². The highest BCUT2D eigenvalue weighted by Crippen LogP contribution is 2.27. The Bertz CT molecular complexity index is 1320. The second-order valence-electron chi connectivity index (χ2n) is 7.21. The van der Waals surface area contributed by atoms with E-state index < -0.39 is 11.9 Å². The fourth-order valence-electron chi connectivity index (χ4n) is 3.37. The number of amides is 1. The summed E-state index contributed by atoms with van der Waals surface area (Å²) < 4.78 is 1.84. The Balaban J connectivity index is 1.99. The minimum atomic E-state index is -1.13. The van der Waals surface area contributed by atoms with Gasteiger partial charge in [0.1, 0.15) is 11.6 Å². The molecule has 0 saturated heterocycles. The first-order chi connectivity index (χ1) is 15.1. The second-order valence-corrected chi connectivity index (χ2v) is 8.06. The van der Waals surface area contributed by atoms with E-state index in [1.54, 1.807) is 24.3 Å². The summed E-state index contributed by atoms with van der Waals surface area (Å²) in [5.41, 5.74) is 4.06. The van der Waals surface area contributed by atoms with E-state index >= 15 is 0 Å². The number of carboxylic acids is 1. The molecule has 0 saturated carbocycles. The van der Waals surface area contributed by atoms with Crippen molar-refractivity contribution in [3.8, 4) is 11.8 Å². The van der Waals surface area contributed by atoms with Crippen LogP contribution >= 0.6 is 23.2 Å². The van der Waals surface area contributed by atoms with Crippen LogP contribution in [-0.4, -0.2) is 21.6 Å². The van der Waals surface area contributed by atoms with Crippen molar-refractivity contribution < 1.29 is 14.7 Å². The number of hydrogen-bond acceptors (Lipinski definition) is 3. The maximum atomic E-state index is 12.7. The lowest BCUT2D eigenvalue weighted by Crippen LogP contribution is -2.14. The van der Waals surface area contributed by atoms with Crippen LogP contribution in [-0.2, 0) is 4.79 Å². The minimum Gasteiger partial charge on any atom is -0.478 e. The Labute approximate surface area is 195 Å². The van der Waals surface area contributed by atoms with Crippen molar-refractivity contribution in [2.45, 2.75) is 20.8 Å². The first kappa shape index (κ1) is 23.1. The monoisotopic (exact) mass is 467 g/mol. The molecule has 32 heavy (non-hydrogen) atoms. The Kier molecular flexibility index (Phi) is 6.73. The number of aromatic carboxylic acids is 1. The molecule has 0 aliphatic rings. The van der Waals surface area contributed by atoms with Crippen LogP contribution in [0.2, 0.25) is 10.0 Å². The molecule has 0 radical (unpaired) electrons. The van der Waals surface area contributed by atoms with E-state index in [1.165, 1.54) is 18.2 Å². The summed E-state index contributed by atoms with van der Waals surface area (Å²) in [5, 5.41) is 22.3. The predicted molar refractivity (Wildman–Crippen MR) is 126 cm³/mol. The molecule has 0 unspecified atom stereocenters. The van der Waals surface area contributed by atoms with Gasteiger partial charge < -0.3 is 15.0 Å². The number of carbonyl (C=O) groups excluding carboxylic acids is 1. The summed E-state index contributed by atoms with van der Waals surface area (Å²) in [4.78, 5) is 24.2. The van der Waals surface area contributed by atoms with Crippen LogP contribution in [0, 0.1) is 32.1 Å². The molecule has 2 aromatic carbocycles. The third kappa shape index (κ3) is 4.70. The van der Waals surface area contributed by atoms with E-state index in [0.29, 0.717) is 22.0 Å². The molecule has 0 bridgehead atoms. The fourth-order valence-corrected chi connectivity index (χ4v) is 3.74. The number of nitrogens with zero attached hydrogens (tertiary/aromatic N) is 2. The Morgan fingerprint density at radius 2 is 1.81 bits per heavy atom. The lowest BCUT2D eigenvalue weighted by molar-refractivity contribution is -0.112. The zero-order valence-corrected chi connectivity index (χ0v) is 19.0. The van der Waals surface area contributed by atoms with Crippen LogP contribution in [0.1, 0.15) is 32.9 Å². The predicted octanol–water partition coefficient (Wildman–Crippen LogP) is 5.95. The van der Waals surface area contributed by atoms with E-state index in [1.807, 2.05) is 37.5 Å². The Hall–Kier alpha value is -3.53. The number of rotatable bonds is 5. The van der Waals surface area contributed by atoms with Crippen molar-refractivity contribution >= 4 is 46.8 Å². The lowest BCUT2D eigenvalue weighted by atomic mass is 10.1. The number of nitriles is 1. The average molecular weight is 468 g/mol. The van der Waals surface area contributed by atoms with Crippen LogP contribution in [0.5, 0.6) is 0 Å². The standard InChI is InChI=1S/C24H19Cl2N3O3/c1-13-4-5-18(25)10-22(13)28-23(30)17(12-27)9-16-8-14(2)29(15(16)3)19-6-7-21(26)20(11-19)24(31)32/h4-11H,1-3H3,(H,28,30)(H,31,32)/b17-9-. The molecule has 8 heteroatoms. The van der Waals surface area contributed by atoms with E-state index in [-0.39, 0.29) is 16.2 Å². The molecule has 3 aromatic rings. The van der Waals surface area contributed by atoms with Crippen LogP contribution in [0.15, 0.2) is 48.0 Å². The number of aromatic nitrogens is 1. The van der Waals surface area contributed by atoms with Crippen molar-refractivity contribution in [1.29, 1.82) is 5.26 Å². The van der Waals surface area contributed by atoms with Gasteiger partial charge in [-0.1, -0.05) is 29.3 Å². The van der Waals surface area contributed by atoms with E-state index in [2.05, 4.69) is 5.32 Å². The van der Waals surface area contributed by atoms with Crippen LogP contribution < -0.4 is 5.32 Å². The van der Waals surface area contributed by atoms with Crippen LogP contribution in [0.25, 0.3) is 11.8 Å². The van der Waals surface area contributed by atoms with Gasteiger partial charge in [0.05, 0.1) is 10.6 Å². The average Bonchev–Trinajstić information content (AvgIpc) is 3.02. The molecular formula is C24H19Cl2N3O3. The Morgan fingerprint density at radius 1 is 1.09 bits per heavy atom. The summed E-state index contributed by atoms with van der Waals surface area (Å²) in [6, 6.07) is 13.6. The van der Waals surface area contributed by atoms with Gasteiger partial charge in [0.2, 0.25) is 0 Å². The molecule has 0 atom stereocenters. The van der Waals surface area contributed by atoms with Gasteiger partial charge in [-0.05, 0) is 74.4 Å². The van der Waals surface area contributed by atoms with Crippen molar-refractivity contribution in [1.82, 2.24) is 4.57 Å². The highest BCUT2D eigenvalue weighted by Gasteiger charge is 2.16. The highest BCUT2D eigenvalue weighted by molar-refractivity contribution is 6.33. The summed E-state index contributed by atoms with van der Waals surface area (Å²) in [7, 11) is 0. The number of hydrogen-bond donors (Lipinski definition) is 2. The molecule has 6 nitrogen and oxygen atoms in total. The van der Waals surface area contributed by atoms with Gasteiger partial charge in [-0.2, -0.15) is 5.26 Å². The van der Waals surface area contributed by atoms with Gasteiger partial charge in [-0.3, -0.25) is 4.79 Å². The van der Waals surface area contributed by atoms with E-state index in [4.69, 9.17) is 23.2 Å². The van der Waals surface area contributed by atoms with Crippen LogP contribution in [0.3, 0.4) is 0 Å². The van der Waals surface area contributed by atoms with Crippen molar-refractivity contribution in [2.75, 3.05) is 5.32 Å². The maximum Gasteiger partial charge on any atom is 0.337 e. The highest BCUT2D eigenvalue weighted by atomic mass is 35.5. The normalized spacial score (nSPS) is 11.2. The van der Waals surface area contributed by atoms with Crippen molar-refractivity contribution in [3.05, 3.63) is 86.2 Å². The minimum absolute atomic E-state index is 0.0113. The summed E-state index contributed by atoms with van der Waals surface area (Å²) in [5.74, 6) is -1.68. The number of halogens is 2. The first-order valence-corrected chi connectivity index (χ1v) is 10.3. The molecule has 1 heterocycles. The molecule has 0 fully saturated rings. The van der Waals surface area contributed by atoms with Gasteiger partial charge in [0.15, 0.2) is 0 Å². The number of aryl methyl sites for hydroxylation is 2.